The SMILES string of the molecule is OC(CNC1CCN2CCCC2C1)COC1CCCCC1. The van der Waals surface area contributed by atoms with E-state index in [0.717, 1.165) is 6.04 Å². The highest BCUT2D eigenvalue weighted by molar-refractivity contribution is 4.89. The van der Waals surface area contributed by atoms with Gasteiger partial charge in [0.1, 0.15) is 0 Å². The molecule has 122 valence electrons. The van der Waals surface area contributed by atoms with Crippen molar-refractivity contribution in [3.8, 4) is 0 Å². The fourth-order valence-corrected chi connectivity index (χ4v) is 4.25. The van der Waals surface area contributed by atoms with Crippen LogP contribution in [-0.4, -0.2) is 60.5 Å². The topological polar surface area (TPSA) is 44.7 Å². The molecule has 1 aliphatic carbocycles. The summed E-state index contributed by atoms with van der Waals surface area (Å²) in [6.45, 7) is 3.72. The average Bonchev–Trinajstić information content (AvgIpc) is 2.99. The molecule has 1 saturated carbocycles. The van der Waals surface area contributed by atoms with Crippen LogP contribution in [0.15, 0.2) is 0 Å². The summed E-state index contributed by atoms with van der Waals surface area (Å²) in [5.74, 6) is 0. The van der Waals surface area contributed by atoms with E-state index in [-0.39, 0.29) is 6.10 Å². The van der Waals surface area contributed by atoms with Crippen LogP contribution in [0, 0.1) is 0 Å². The van der Waals surface area contributed by atoms with Crippen LogP contribution in [0.4, 0.5) is 0 Å². The van der Waals surface area contributed by atoms with Crippen LogP contribution >= 0.6 is 0 Å². The molecule has 0 aromatic carbocycles. The zero-order chi connectivity index (χ0) is 14.5. The third kappa shape index (κ3) is 4.65. The van der Waals surface area contributed by atoms with Gasteiger partial charge >= 0.3 is 0 Å². The van der Waals surface area contributed by atoms with Gasteiger partial charge in [-0.15, -0.1) is 0 Å². The van der Waals surface area contributed by atoms with Gasteiger partial charge < -0.3 is 20.1 Å². The summed E-state index contributed by atoms with van der Waals surface area (Å²) in [7, 11) is 0. The molecule has 0 spiro atoms. The first kappa shape index (κ1) is 15.7. The Morgan fingerprint density at radius 3 is 2.76 bits per heavy atom. The Kier molecular flexibility index (Phi) is 5.92. The van der Waals surface area contributed by atoms with Crippen LogP contribution in [0.5, 0.6) is 0 Å². The Morgan fingerprint density at radius 2 is 1.90 bits per heavy atom. The minimum Gasteiger partial charge on any atom is -0.389 e. The first-order valence-electron chi connectivity index (χ1n) is 9.08. The molecule has 3 rings (SSSR count). The molecule has 0 amide bonds. The smallest absolute Gasteiger partial charge is 0.0897 e. The summed E-state index contributed by atoms with van der Waals surface area (Å²) < 4.78 is 5.86. The fourth-order valence-electron chi connectivity index (χ4n) is 4.25. The molecule has 3 aliphatic rings. The van der Waals surface area contributed by atoms with Crippen LogP contribution in [0.1, 0.15) is 57.8 Å². The molecule has 2 heterocycles. The predicted molar refractivity (Wildman–Crippen MR) is 84.5 cm³/mol. The second-order valence-electron chi connectivity index (χ2n) is 7.21. The zero-order valence-corrected chi connectivity index (χ0v) is 13.3. The maximum atomic E-state index is 10.1. The van der Waals surface area contributed by atoms with E-state index in [2.05, 4.69) is 10.2 Å². The summed E-state index contributed by atoms with van der Waals surface area (Å²) >= 11 is 0. The van der Waals surface area contributed by atoms with Crippen molar-refractivity contribution in [2.75, 3.05) is 26.2 Å². The van der Waals surface area contributed by atoms with Crippen LogP contribution in [0.25, 0.3) is 0 Å². The van der Waals surface area contributed by atoms with Gasteiger partial charge in [0.15, 0.2) is 0 Å². The molecule has 3 atom stereocenters. The minimum atomic E-state index is -0.353. The molecule has 4 heteroatoms. The number of nitrogens with zero attached hydrogens (tertiary/aromatic N) is 1. The third-order valence-electron chi connectivity index (χ3n) is 5.54. The molecule has 2 N–H and O–H groups in total. The highest BCUT2D eigenvalue weighted by Gasteiger charge is 2.31. The number of fused-ring (bicyclic) bond motifs is 1. The van der Waals surface area contributed by atoms with Gasteiger partial charge in [-0.25, -0.2) is 0 Å². The number of aliphatic hydroxyl groups excluding tert-OH is 1. The van der Waals surface area contributed by atoms with Crippen molar-refractivity contribution in [1.29, 1.82) is 0 Å². The van der Waals surface area contributed by atoms with E-state index >= 15 is 0 Å². The summed E-state index contributed by atoms with van der Waals surface area (Å²) in [5.41, 5.74) is 0. The molecule has 3 unspecified atom stereocenters. The lowest BCUT2D eigenvalue weighted by atomic mass is 9.97. The van der Waals surface area contributed by atoms with Gasteiger partial charge in [-0.2, -0.15) is 0 Å². The summed E-state index contributed by atoms with van der Waals surface area (Å²) in [5, 5.41) is 13.7. The molecule has 2 aliphatic heterocycles. The second-order valence-corrected chi connectivity index (χ2v) is 7.21. The lowest BCUT2D eigenvalue weighted by molar-refractivity contribution is -0.0242. The lowest BCUT2D eigenvalue weighted by Gasteiger charge is -2.35. The van der Waals surface area contributed by atoms with E-state index in [1.807, 2.05) is 0 Å². The zero-order valence-electron chi connectivity index (χ0n) is 13.3. The van der Waals surface area contributed by atoms with Crippen molar-refractivity contribution >= 4 is 0 Å². The standard InChI is InChI=1S/C17H32N2O2/c20-16(13-21-17-6-2-1-3-7-17)12-18-14-8-10-19-9-4-5-15(19)11-14/h14-18,20H,1-13H2. The quantitative estimate of drug-likeness (QED) is 0.786. The van der Waals surface area contributed by atoms with E-state index in [0.29, 0.717) is 25.3 Å². The number of piperidine rings is 1. The monoisotopic (exact) mass is 296 g/mol. The molecule has 0 aromatic rings. The predicted octanol–water partition coefficient (Wildman–Crippen LogP) is 1.91. The summed E-state index contributed by atoms with van der Waals surface area (Å²) in [6.07, 6.45) is 11.6. The number of aliphatic hydroxyl groups is 1. The summed E-state index contributed by atoms with van der Waals surface area (Å²) in [4.78, 5) is 2.64. The molecule has 2 saturated heterocycles. The highest BCUT2D eigenvalue weighted by Crippen LogP contribution is 2.26. The van der Waals surface area contributed by atoms with Gasteiger partial charge in [0.25, 0.3) is 0 Å². The molecular formula is C17H32N2O2. The van der Waals surface area contributed by atoms with Crippen LogP contribution in [0.2, 0.25) is 0 Å². The number of hydrogen-bond donors (Lipinski definition) is 2. The van der Waals surface area contributed by atoms with Crippen molar-refractivity contribution < 1.29 is 9.84 Å². The maximum absolute atomic E-state index is 10.1. The Labute approximate surface area is 129 Å². The van der Waals surface area contributed by atoms with Gasteiger partial charge in [-0.1, -0.05) is 19.3 Å². The average molecular weight is 296 g/mol. The van der Waals surface area contributed by atoms with Gasteiger partial charge in [0.05, 0.1) is 18.8 Å². The Bertz CT molecular complexity index is 307. The lowest BCUT2D eigenvalue weighted by Crippen LogP contribution is -2.47. The van der Waals surface area contributed by atoms with Gasteiger partial charge in [0.2, 0.25) is 0 Å². The molecular weight excluding hydrogens is 264 g/mol. The first-order valence-corrected chi connectivity index (χ1v) is 9.08. The van der Waals surface area contributed by atoms with E-state index in [1.54, 1.807) is 0 Å². The normalized spacial score (nSPS) is 33.0. The second kappa shape index (κ2) is 7.91. The van der Waals surface area contributed by atoms with Crippen molar-refractivity contribution in [2.45, 2.75) is 82.1 Å². The van der Waals surface area contributed by atoms with Gasteiger partial charge in [-0.3, -0.25) is 0 Å². The molecule has 0 aromatic heterocycles. The van der Waals surface area contributed by atoms with E-state index in [9.17, 15) is 5.11 Å². The maximum Gasteiger partial charge on any atom is 0.0897 e. The molecule has 0 radical (unpaired) electrons. The van der Waals surface area contributed by atoms with E-state index < -0.39 is 0 Å². The Hall–Kier alpha value is -0.160. The molecule has 4 nitrogen and oxygen atoms in total. The van der Waals surface area contributed by atoms with E-state index in [1.165, 1.54) is 70.9 Å². The number of ether oxygens (including phenoxy) is 1. The van der Waals surface area contributed by atoms with Gasteiger partial charge in [0, 0.05) is 18.6 Å². The highest BCUT2D eigenvalue weighted by atomic mass is 16.5. The first-order chi connectivity index (χ1) is 10.3. The van der Waals surface area contributed by atoms with Crippen molar-refractivity contribution in [2.24, 2.45) is 0 Å². The number of rotatable bonds is 6. The summed E-state index contributed by atoms with van der Waals surface area (Å²) in [6, 6.07) is 1.39. The minimum absolute atomic E-state index is 0.353. The number of hydrogen-bond acceptors (Lipinski definition) is 4. The van der Waals surface area contributed by atoms with Crippen LogP contribution in [-0.2, 0) is 4.74 Å². The van der Waals surface area contributed by atoms with Crippen molar-refractivity contribution in [3.05, 3.63) is 0 Å². The van der Waals surface area contributed by atoms with E-state index in [4.69, 9.17) is 4.74 Å². The molecule has 3 fully saturated rings. The van der Waals surface area contributed by atoms with Crippen molar-refractivity contribution in [1.82, 2.24) is 10.2 Å². The van der Waals surface area contributed by atoms with Crippen LogP contribution < -0.4 is 5.32 Å². The largest absolute Gasteiger partial charge is 0.389 e. The van der Waals surface area contributed by atoms with Crippen LogP contribution in [0.3, 0.4) is 0 Å². The Balaban J connectivity index is 1.29. The third-order valence-corrected chi connectivity index (χ3v) is 5.54. The number of nitrogens with one attached hydrogen (secondary N) is 1. The fraction of sp³-hybridized carbons (Fsp3) is 1.00. The molecule has 21 heavy (non-hydrogen) atoms. The van der Waals surface area contributed by atoms with Crippen molar-refractivity contribution in [3.63, 3.8) is 0 Å². The molecule has 0 bridgehead atoms. The Morgan fingerprint density at radius 1 is 1.05 bits per heavy atom. The van der Waals surface area contributed by atoms with Gasteiger partial charge in [-0.05, 0) is 51.6 Å².